The van der Waals surface area contributed by atoms with Crippen molar-refractivity contribution in [1.82, 2.24) is 5.01 Å². The highest BCUT2D eigenvalue weighted by molar-refractivity contribution is 6.32. The van der Waals surface area contributed by atoms with Gasteiger partial charge in [0.05, 0.1) is 22.9 Å². The lowest BCUT2D eigenvalue weighted by Gasteiger charge is -2.20. The molecule has 1 fully saturated rings. The second kappa shape index (κ2) is 8.94. The molecule has 1 N–H and O–H groups in total. The van der Waals surface area contributed by atoms with Gasteiger partial charge in [-0.15, -0.1) is 0 Å². The van der Waals surface area contributed by atoms with Gasteiger partial charge in [-0.05, 0) is 49.4 Å². The van der Waals surface area contributed by atoms with Gasteiger partial charge in [0, 0.05) is 5.69 Å². The van der Waals surface area contributed by atoms with E-state index in [2.05, 4.69) is 15.7 Å². The molecule has 4 rings (SSSR count). The molecule has 0 saturated carbocycles. The van der Waals surface area contributed by atoms with Crippen LogP contribution in [0.4, 0.5) is 15.8 Å². The summed E-state index contributed by atoms with van der Waals surface area (Å²) >= 11 is 5.77. The van der Waals surface area contributed by atoms with Gasteiger partial charge in [-0.25, -0.2) is 14.1 Å². The van der Waals surface area contributed by atoms with Gasteiger partial charge in [0.15, 0.2) is 12.1 Å². The minimum atomic E-state index is -1.11. The van der Waals surface area contributed by atoms with E-state index < -0.39 is 41.6 Å². The fourth-order valence-corrected chi connectivity index (χ4v) is 3.66. The van der Waals surface area contributed by atoms with Crippen molar-refractivity contribution in [3.8, 4) is 0 Å². The molecule has 1 saturated heterocycles. The van der Waals surface area contributed by atoms with Crippen LogP contribution in [0.25, 0.3) is 0 Å². The summed E-state index contributed by atoms with van der Waals surface area (Å²) in [4.78, 5) is 50.7. The second-order valence-electron chi connectivity index (χ2n) is 7.15. The zero-order valence-electron chi connectivity index (χ0n) is 17.2. The van der Waals surface area contributed by atoms with Crippen LogP contribution in [0.2, 0.25) is 5.02 Å². The molecule has 33 heavy (non-hydrogen) atoms. The number of carbonyl (C=O) groups excluding carboxylic acids is 4. The highest BCUT2D eigenvalue weighted by Crippen LogP contribution is 2.33. The lowest BCUT2D eigenvalue weighted by molar-refractivity contribution is -0.123. The number of amides is 3. The summed E-state index contributed by atoms with van der Waals surface area (Å²) in [5, 5.41) is 11.1. The van der Waals surface area contributed by atoms with Crippen LogP contribution >= 0.6 is 11.6 Å². The molecule has 0 spiro atoms. The van der Waals surface area contributed by atoms with Crippen LogP contribution in [0.3, 0.4) is 0 Å². The first-order valence-electron chi connectivity index (χ1n) is 9.87. The van der Waals surface area contributed by atoms with Gasteiger partial charge in [-0.1, -0.05) is 16.8 Å². The standard InChI is InChI=1S/C21H17ClFN5O5/c1-2-33-21(32)11-3-5-12(6-4-11)24-16(29)10-27-18-17(25-26-27)19(30)28(20(18)31)13-7-8-15(23)14(22)9-13/h3-9,17-18H,2,10H2,1H3,(H,24,29)/t17-,18+/m1/s1. The molecule has 3 amide bonds. The maximum Gasteiger partial charge on any atom is 0.338 e. The van der Waals surface area contributed by atoms with E-state index in [1.165, 1.54) is 36.4 Å². The van der Waals surface area contributed by atoms with Gasteiger partial charge in [-0.2, -0.15) is 5.11 Å². The van der Waals surface area contributed by atoms with Gasteiger partial charge >= 0.3 is 5.97 Å². The number of hydrogen-bond acceptors (Lipinski definition) is 8. The van der Waals surface area contributed by atoms with Gasteiger partial charge < -0.3 is 10.1 Å². The third kappa shape index (κ3) is 4.27. The van der Waals surface area contributed by atoms with E-state index in [0.29, 0.717) is 11.3 Å². The van der Waals surface area contributed by atoms with Crippen molar-refractivity contribution in [3.05, 3.63) is 58.9 Å². The van der Waals surface area contributed by atoms with E-state index in [-0.39, 0.29) is 23.9 Å². The number of carbonyl (C=O) groups is 4. The van der Waals surface area contributed by atoms with Crippen LogP contribution in [0.1, 0.15) is 17.3 Å². The Morgan fingerprint density at radius 2 is 1.88 bits per heavy atom. The summed E-state index contributed by atoms with van der Waals surface area (Å²) in [6, 6.07) is 7.33. The Bertz CT molecular complexity index is 1170. The number of anilines is 2. The Labute approximate surface area is 191 Å². The van der Waals surface area contributed by atoms with Gasteiger partial charge in [0.25, 0.3) is 11.8 Å². The predicted octanol–water partition coefficient (Wildman–Crippen LogP) is 2.59. The van der Waals surface area contributed by atoms with Crippen LogP contribution in [-0.2, 0) is 19.1 Å². The van der Waals surface area contributed by atoms with E-state index in [0.717, 1.165) is 16.0 Å². The number of halogens is 2. The lowest BCUT2D eigenvalue weighted by Crippen LogP contribution is -2.43. The van der Waals surface area contributed by atoms with Crippen LogP contribution in [0.15, 0.2) is 52.8 Å². The summed E-state index contributed by atoms with van der Waals surface area (Å²) < 4.78 is 18.4. The fraction of sp³-hybridized carbons (Fsp3) is 0.238. The highest BCUT2D eigenvalue weighted by atomic mass is 35.5. The number of fused-ring (bicyclic) bond motifs is 1. The third-order valence-corrected chi connectivity index (χ3v) is 5.29. The fourth-order valence-electron chi connectivity index (χ4n) is 3.48. The van der Waals surface area contributed by atoms with Gasteiger partial charge in [-0.3, -0.25) is 19.4 Å². The van der Waals surface area contributed by atoms with Gasteiger partial charge in [0.2, 0.25) is 5.91 Å². The Kier molecular flexibility index (Phi) is 6.05. The summed E-state index contributed by atoms with van der Waals surface area (Å²) in [5.41, 5.74) is 0.853. The molecule has 12 heteroatoms. The number of nitrogens with one attached hydrogen (secondary N) is 1. The number of esters is 1. The topological polar surface area (TPSA) is 121 Å². The first-order chi connectivity index (χ1) is 15.8. The molecular formula is C21H17ClFN5O5. The molecule has 2 heterocycles. The minimum Gasteiger partial charge on any atom is -0.462 e. The molecular weight excluding hydrogens is 457 g/mol. The number of imide groups is 1. The second-order valence-corrected chi connectivity index (χ2v) is 7.56. The SMILES string of the molecule is CCOC(=O)c1ccc(NC(=O)CN2N=N[C@H]3C(=O)N(c4ccc(F)c(Cl)c4)C(=O)[C@H]32)cc1. The summed E-state index contributed by atoms with van der Waals surface area (Å²) in [5.74, 6) is -2.97. The Balaban J connectivity index is 1.42. The average Bonchev–Trinajstić information content (AvgIpc) is 3.30. The van der Waals surface area contributed by atoms with E-state index in [1.807, 2.05) is 0 Å². The first-order valence-corrected chi connectivity index (χ1v) is 10.2. The first kappa shape index (κ1) is 22.3. The number of nitrogens with zero attached hydrogens (tertiary/aromatic N) is 4. The quantitative estimate of drug-likeness (QED) is 0.508. The predicted molar refractivity (Wildman–Crippen MR) is 114 cm³/mol. The maximum atomic E-state index is 13.5. The summed E-state index contributed by atoms with van der Waals surface area (Å²) in [6.45, 7) is 1.60. The number of benzene rings is 2. The van der Waals surface area contributed by atoms with Crippen LogP contribution < -0.4 is 10.2 Å². The zero-order valence-corrected chi connectivity index (χ0v) is 18.0. The molecule has 170 valence electrons. The van der Waals surface area contributed by atoms with Crippen molar-refractivity contribution in [3.63, 3.8) is 0 Å². The lowest BCUT2D eigenvalue weighted by atomic mass is 10.1. The number of hydrogen-bond donors (Lipinski definition) is 1. The molecule has 2 aromatic rings. The molecule has 2 aliphatic rings. The molecule has 0 radical (unpaired) electrons. The van der Waals surface area contributed by atoms with E-state index in [4.69, 9.17) is 16.3 Å². The molecule has 2 atom stereocenters. The van der Waals surface area contributed by atoms with Crippen molar-refractivity contribution in [2.24, 2.45) is 10.3 Å². The highest BCUT2D eigenvalue weighted by Gasteiger charge is 2.55. The normalized spacial score (nSPS) is 19.1. The van der Waals surface area contributed by atoms with Crippen LogP contribution in [0.5, 0.6) is 0 Å². The molecule has 0 unspecified atom stereocenters. The Hall–Kier alpha value is -3.86. The Morgan fingerprint density at radius 3 is 2.55 bits per heavy atom. The summed E-state index contributed by atoms with van der Waals surface area (Å²) in [6.07, 6.45) is 0. The van der Waals surface area contributed by atoms with Crippen LogP contribution in [-0.4, -0.2) is 53.9 Å². The molecule has 0 aromatic heterocycles. The smallest absolute Gasteiger partial charge is 0.338 e. The van der Waals surface area contributed by atoms with Crippen LogP contribution in [0, 0.1) is 5.82 Å². The average molecular weight is 474 g/mol. The Morgan fingerprint density at radius 1 is 1.15 bits per heavy atom. The molecule has 2 aliphatic heterocycles. The molecule has 2 aromatic carbocycles. The molecule has 0 bridgehead atoms. The largest absolute Gasteiger partial charge is 0.462 e. The summed E-state index contributed by atoms with van der Waals surface area (Å²) in [7, 11) is 0. The van der Waals surface area contributed by atoms with Gasteiger partial charge in [0.1, 0.15) is 12.4 Å². The van der Waals surface area contributed by atoms with Crippen molar-refractivity contribution in [1.29, 1.82) is 0 Å². The zero-order chi connectivity index (χ0) is 23.7. The number of ether oxygens (including phenoxy) is 1. The van der Waals surface area contributed by atoms with E-state index >= 15 is 0 Å². The third-order valence-electron chi connectivity index (χ3n) is 5.00. The van der Waals surface area contributed by atoms with E-state index in [1.54, 1.807) is 6.92 Å². The van der Waals surface area contributed by atoms with Crippen molar-refractivity contribution >= 4 is 46.7 Å². The minimum absolute atomic E-state index is 0.104. The molecule has 10 nitrogen and oxygen atoms in total. The van der Waals surface area contributed by atoms with Crippen molar-refractivity contribution in [2.45, 2.75) is 19.0 Å². The van der Waals surface area contributed by atoms with E-state index in [9.17, 15) is 23.6 Å². The molecule has 0 aliphatic carbocycles. The van der Waals surface area contributed by atoms with Crippen molar-refractivity contribution < 1.29 is 28.3 Å². The maximum absolute atomic E-state index is 13.5. The number of rotatable bonds is 6. The monoisotopic (exact) mass is 473 g/mol. The van der Waals surface area contributed by atoms with Crippen molar-refractivity contribution in [2.75, 3.05) is 23.4 Å².